The van der Waals surface area contributed by atoms with E-state index in [-0.39, 0.29) is 6.61 Å². The molecule has 0 radical (unpaired) electrons. The number of rotatable bonds is 2. The van der Waals surface area contributed by atoms with Gasteiger partial charge in [-0.25, -0.2) is 0 Å². The summed E-state index contributed by atoms with van der Waals surface area (Å²) >= 11 is 0.576. The zero-order chi connectivity index (χ0) is 4.12. The Morgan fingerprint density at radius 2 is 2.40 bits per heavy atom. The predicted molar refractivity (Wildman–Crippen MR) is 21.6 cm³/mol. The molecule has 0 atom stereocenters. The van der Waals surface area contributed by atoms with E-state index in [1.807, 2.05) is 0 Å². The number of hydrogen-bond acceptors (Lipinski definition) is 2. The Hall–Kier alpha value is 0.803. The zero-order valence-electron chi connectivity index (χ0n) is 2.85. The van der Waals surface area contributed by atoms with Gasteiger partial charge in [-0.1, -0.05) is 0 Å². The molecule has 0 aliphatic heterocycles. The summed E-state index contributed by atoms with van der Waals surface area (Å²) in [4.78, 5) is 0. The van der Waals surface area contributed by atoms with Gasteiger partial charge in [-0.3, -0.25) is 0 Å². The molecule has 0 aromatic heterocycles. The molecule has 0 aromatic carbocycles. The van der Waals surface area contributed by atoms with Crippen LogP contribution in [-0.2, 0) is 2.81 Å². The Morgan fingerprint density at radius 1 is 1.80 bits per heavy atom. The summed E-state index contributed by atoms with van der Waals surface area (Å²) in [6.07, 6.45) is 0. The van der Waals surface area contributed by atoms with Gasteiger partial charge in [0.1, 0.15) is 0 Å². The molecule has 0 spiro atoms. The molecule has 2 nitrogen and oxygen atoms in total. The molecule has 0 aliphatic rings. The van der Waals surface area contributed by atoms with Crippen molar-refractivity contribution in [2.45, 2.75) is 0 Å². The van der Waals surface area contributed by atoms with Crippen LogP contribution in [0.2, 0.25) is 0 Å². The van der Waals surface area contributed by atoms with Crippen LogP contribution in [0, 0.1) is 0 Å². The van der Waals surface area contributed by atoms with Crippen molar-refractivity contribution in [2.75, 3.05) is 13.2 Å². The maximum atomic E-state index is 7.97. The molecule has 0 unspecified atom stereocenters. The second kappa shape index (κ2) is 4.80. The van der Waals surface area contributed by atoms with Crippen LogP contribution in [0.5, 0.6) is 0 Å². The molecule has 0 saturated heterocycles. The van der Waals surface area contributed by atoms with E-state index in [9.17, 15) is 0 Å². The third-order valence-corrected chi connectivity index (χ3v) is 1.13. The van der Waals surface area contributed by atoms with Crippen molar-refractivity contribution in [1.82, 2.24) is 0 Å². The molecule has 0 aliphatic carbocycles. The summed E-state index contributed by atoms with van der Waals surface area (Å²) in [5.41, 5.74) is 0. The number of hydrogen-bond donors (Lipinski definition) is 1. The van der Waals surface area contributed by atoms with Crippen LogP contribution in [0.25, 0.3) is 0 Å². The first-order chi connectivity index (χ1) is 2.41. The molecular formula is C2H7BiO2. The first-order valence-electron chi connectivity index (χ1n) is 1.34. The molecule has 0 heterocycles. The fraction of sp³-hybridized carbons (Fsp3) is 1.00. The fourth-order valence-corrected chi connectivity index (χ4v) is 0.462. The van der Waals surface area contributed by atoms with Crippen molar-refractivity contribution in [3.63, 3.8) is 0 Å². The van der Waals surface area contributed by atoms with Crippen LogP contribution >= 0.6 is 0 Å². The monoisotopic (exact) mass is 272 g/mol. The van der Waals surface area contributed by atoms with Gasteiger partial charge in [-0.05, 0) is 0 Å². The quantitative estimate of drug-likeness (QED) is 0.623. The molecular weight excluding hydrogens is 265 g/mol. The average Bonchev–Trinajstić information content (AvgIpc) is 1.41. The van der Waals surface area contributed by atoms with Gasteiger partial charge in [-0.2, -0.15) is 0 Å². The molecule has 1 N–H and O–H groups in total. The summed E-state index contributed by atoms with van der Waals surface area (Å²) in [5, 5.41) is 7.97. The first kappa shape index (κ1) is 5.80. The Labute approximate surface area is 46.6 Å². The van der Waals surface area contributed by atoms with E-state index in [1.54, 1.807) is 0 Å². The fourth-order valence-electron chi connectivity index (χ4n) is 0.0527. The second-order valence-electron chi connectivity index (χ2n) is 0.594. The Bertz CT molecular complexity index is 15.1. The topological polar surface area (TPSA) is 29.5 Å². The van der Waals surface area contributed by atoms with E-state index in [2.05, 4.69) is 2.81 Å². The van der Waals surface area contributed by atoms with Gasteiger partial charge in [0.15, 0.2) is 0 Å². The molecule has 0 aromatic rings. The summed E-state index contributed by atoms with van der Waals surface area (Å²) in [6.45, 7) is 0.682. The molecule has 0 amide bonds. The molecule has 0 rings (SSSR count). The van der Waals surface area contributed by atoms with Crippen molar-refractivity contribution in [3.8, 4) is 0 Å². The SMILES string of the molecule is OCC[O][BiH2]. The van der Waals surface area contributed by atoms with Crippen LogP contribution < -0.4 is 0 Å². The van der Waals surface area contributed by atoms with E-state index < -0.39 is 0 Å². The minimum atomic E-state index is 0.163. The van der Waals surface area contributed by atoms with Crippen molar-refractivity contribution in [2.24, 2.45) is 0 Å². The van der Waals surface area contributed by atoms with Gasteiger partial charge in [0.25, 0.3) is 0 Å². The number of aliphatic hydroxyl groups excluding tert-OH is 1. The van der Waals surface area contributed by atoms with Gasteiger partial charge in [-0.15, -0.1) is 0 Å². The van der Waals surface area contributed by atoms with Gasteiger partial charge < -0.3 is 0 Å². The van der Waals surface area contributed by atoms with Crippen LogP contribution in [0.4, 0.5) is 0 Å². The third kappa shape index (κ3) is 4.80. The van der Waals surface area contributed by atoms with Crippen LogP contribution in [0.3, 0.4) is 0 Å². The van der Waals surface area contributed by atoms with Gasteiger partial charge in [0, 0.05) is 0 Å². The number of aliphatic hydroxyl groups is 1. The predicted octanol–water partition coefficient (Wildman–Crippen LogP) is -1.46. The van der Waals surface area contributed by atoms with Crippen molar-refractivity contribution in [1.29, 1.82) is 0 Å². The van der Waals surface area contributed by atoms with Gasteiger partial charge >= 0.3 is 46.3 Å². The third-order valence-electron chi connectivity index (χ3n) is 0.209. The first-order valence-corrected chi connectivity index (χ1v) is 3.17. The van der Waals surface area contributed by atoms with E-state index in [1.165, 1.54) is 0 Å². The Balaban J connectivity index is 2.19. The molecule has 0 fully saturated rings. The summed E-state index contributed by atoms with van der Waals surface area (Å²) in [7, 11) is 0. The summed E-state index contributed by atoms with van der Waals surface area (Å²) in [5.74, 6) is 0. The zero-order valence-corrected chi connectivity index (χ0v) is 7.34. The van der Waals surface area contributed by atoms with Gasteiger partial charge in [0.05, 0.1) is 0 Å². The summed E-state index contributed by atoms with van der Waals surface area (Å²) in [6, 6.07) is 0. The van der Waals surface area contributed by atoms with Gasteiger partial charge in [0.2, 0.25) is 0 Å². The van der Waals surface area contributed by atoms with E-state index >= 15 is 0 Å². The minimum absolute atomic E-state index is 0.163. The normalized spacial score (nSPS) is 8.40. The molecule has 0 saturated carbocycles. The molecule has 32 valence electrons. The standard InChI is InChI=1S/C2H5O2.Bi.2H/c3-1-2-4;;;/h3H,1-2H2;;;/q-1;+1;;. The second-order valence-corrected chi connectivity index (χ2v) is 1.89. The van der Waals surface area contributed by atoms with Crippen molar-refractivity contribution >= 4 is 25.2 Å². The molecule has 0 bridgehead atoms. The van der Waals surface area contributed by atoms with Crippen molar-refractivity contribution in [3.05, 3.63) is 0 Å². The molecule has 5 heavy (non-hydrogen) atoms. The Morgan fingerprint density at radius 3 is 2.40 bits per heavy atom. The van der Waals surface area contributed by atoms with Crippen LogP contribution in [0.15, 0.2) is 0 Å². The van der Waals surface area contributed by atoms with E-state index in [4.69, 9.17) is 5.11 Å². The Kier molecular flexibility index (Phi) is 5.57. The summed E-state index contributed by atoms with van der Waals surface area (Å²) < 4.78 is 4.61. The maximum absolute atomic E-state index is 7.97. The van der Waals surface area contributed by atoms with Crippen LogP contribution in [-0.4, -0.2) is 43.5 Å². The van der Waals surface area contributed by atoms with Crippen molar-refractivity contribution < 1.29 is 7.92 Å². The van der Waals surface area contributed by atoms with E-state index in [0.717, 1.165) is 0 Å². The van der Waals surface area contributed by atoms with E-state index in [0.29, 0.717) is 31.8 Å². The molecule has 3 heteroatoms. The average molecular weight is 272 g/mol. The van der Waals surface area contributed by atoms with Crippen LogP contribution in [0.1, 0.15) is 0 Å².